The number of halogens is 1. The van der Waals surface area contributed by atoms with Crippen LogP contribution in [0, 0.1) is 5.82 Å². The van der Waals surface area contributed by atoms with E-state index < -0.39 is 0 Å². The highest BCUT2D eigenvalue weighted by Gasteiger charge is 2.20. The molecule has 1 aliphatic rings. The Labute approximate surface area is 134 Å². The molecular formula is C18H18FNO3. The molecule has 4 nitrogen and oxygen atoms in total. The van der Waals surface area contributed by atoms with Crippen molar-refractivity contribution in [2.45, 2.75) is 13.0 Å². The highest BCUT2D eigenvalue weighted by molar-refractivity contribution is 5.79. The molecule has 2 aromatic rings. The lowest BCUT2D eigenvalue weighted by Crippen LogP contribution is -2.33. The van der Waals surface area contributed by atoms with Crippen LogP contribution in [-0.2, 0) is 17.8 Å². The zero-order valence-corrected chi connectivity index (χ0v) is 12.9. The summed E-state index contributed by atoms with van der Waals surface area (Å²) in [5.41, 5.74) is 1.76. The van der Waals surface area contributed by atoms with Crippen LogP contribution in [0.25, 0.3) is 0 Å². The minimum Gasteiger partial charge on any atom is -0.497 e. The predicted molar refractivity (Wildman–Crippen MR) is 84.0 cm³/mol. The quantitative estimate of drug-likeness (QED) is 0.874. The molecule has 2 aromatic carbocycles. The van der Waals surface area contributed by atoms with Crippen molar-refractivity contribution >= 4 is 5.91 Å². The Morgan fingerprint density at radius 3 is 2.78 bits per heavy atom. The van der Waals surface area contributed by atoms with Gasteiger partial charge in [0.1, 0.15) is 23.9 Å². The summed E-state index contributed by atoms with van der Waals surface area (Å²) >= 11 is 0. The summed E-state index contributed by atoms with van der Waals surface area (Å²) in [5.74, 6) is 1.19. The van der Waals surface area contributed by atoms with E-state index in [-0.39, 0.29) is 18.1 Å². The van der Waals surface area contributed by atoms with Crippen LogP contribution >= 0.6 is 0 Å². The average molecular weight is 315 g/mol. The third-order valence-electron chi connectivity index (χ3n) is 3.88. The van der Waals surface area contributed by atoms with Gasteiger partial charge in [0, 0.05) is 18.2 Å². The second kappa shape index (κ2) is 6.69. The van der Waals surface area contributed by atoms with Crippen LogP contribution in [0.2, 0.25) is 0 Å². The number of amides is 1. The van der Waals surface area contributed by atoms with Crippen LogP contribution < -0.4 is 9.47 Å². The Balaban J connectivity index is 1.72. The van der Waals surface area contributed by atoms with E-state index in [9.17, 15) is 9.18 Å². The van der Waals surface area contributed by atoms with Gasteiger partial charge < -0.3 is 14.4 Å². The van der Waals surface area contributed by atoms with E-state index in [1.165, 1.54) is 12.1 Å². The molecule has 23 heavy (non-hydrogen) atoms. The van der Waals surface area contributed by atoms with Crippen molar-refractivity contribution in [3.8, 4) is 11.5 Å². The number of carbonyl (C=O) groups is 1. The molecule has 0 atom stereocenters. The second-order valence-electron chi connectivity index (χ2n) is 5.44. The van der Waals surface area contributed by atoms with Crippen LogP contribution in [0.3, 0.4) is 0 Å². The number of methoxy groups -OCH3 is 1. The first kappa shape index (κ1) is 15.3. The fraction of sp³-hybridized carbons (Fsp3) is 0.278. The normalized spacial score (nSPS) is 13.7. The van der Waals surface area contributed by atoms with Gasteiger partial charge in [0.2, 0.25) is 5.91 Å². The largest absolute Gasteiger partial charge is 0.497 e. The standard InChI is InChI=1S/C18H18FNO3/c1-22-16-7-4-14-12-20(8-9-23-17(14)11-16)18(21)10-13-2-5-15(19)6-3-13/h2-7,11H,8-10,12H2,1H3. The predicted octanol–water partition coefficient (Wildman–Crippen LogP) is 2.80. The van der Waals surface area contributed by atoms with Gasteiger partial charge in [0.05, 0.1) is 20.1 Å². The molecule has 120 valence electrons. The van der Waals surface area contributed by atoms with Crippen molar-refractivity contribution in [2.24, 2.45) is 0 Å². The van der Waals surface area contributed by atoms with Crippen LogP contribution in [0.5, 0.6) is 11.5 Å². The maximum Gasteiger partial charge on any atom is 0.227 e. The minimum absolute atomic E-state index is 0.00359. The third kappa shape index (κ3) is 3.62. The SMILES string of the molecule is COc1ccc2c(c1)OCCN(C(=O)Cc1ccc(F)cc1)C2. The maximum atomic E-state index is 12.9. The lowest BCUT2D eigenvalue weighted by atomic mass is 10.1. The first-order chi connectivity index (χ1) is 11.2. The molecule has 5 heteroatoms. The fourth-order valence-corrected chi connectivity index (χ4v) is 2.58. The molecule has 0 fully saturated rings. The Bertz CT molecular complexity index is 700. The summed E-state index contributed by atoms with van der Waals surface area (Å²) in [6.07, 6.45) is 0.256. The van der Waals surface area contributed by atoms with Gasteiger partial charge in [-0.1, -0.05) is 12.1 Å². The zero-order chi connectivity index (χ0) is 16.2. The fourth-order valence-electron chi connectivity index (χ4n) is 2.58. The summed E-state index contributed by atoms with van der Waals surface area (Å²) in [7, 11) is 1.61. The molecule has 1 aliphatic heterocycles. The van der Waals surface area contributed by atoms with E-state index in [0.717, 1.165) is 22.6 Å². The van der Waals surface area contributed by atoms with Crippen molar-refractivity contribution in [2.75, 3.05) is 20.3 Å². The first-order valence-electron chi connectivity index (χ1n) is 7.47. The van der Waals surface area contributed by atoms with Crippen LogP contribution in [0.1, 0.15) is 11.1 Å². The molecule has 0 saturated heterocycles. The molecule has 0 N–H and O–H groups in total. The van der Waals surface area contributed by atoms with Crippen LogP contribution in [0.15, 0.2) is 42.5 Å². The summed E-state index contributed by atoms with van der Waals surface area (Å²) in [5, 5.41) is 0. The molecular weight excluding hydrogens is 297 g/mol. The summed E-state index contributed by atoms with van der Waals surface area (Å²) in [6.45, 7) is 1.46. The Morgan fingerprint density at radius 2 is 2.04 bits per heavy atom. The van der Waals surface area contributed by atoms with Crippen molar-refractivity contribution in [3.63, 3.8) is 0 Å². The van der Waals surface area contributed by atoms with Gasteiger partial charge in [-0.3, -0.25) is 4.79 Å². The van der Waals surface area contributed by atoms with Gasteiger partial charge >= 0.3 is 0 Å². The van der Waals surface area contributed by atoms with Gasteiger partial charge in [0.15, 0.2) is 0 Å². The van der Waals surface area contributed by atoms with Crippen LogP contribution in [0.4, 0.5) is 4.39 Å². The molecule has 1 amide bonds. The molecule has 0 aromatic heterocycles. The highest BCUT2D eigenvalue weighted by atomic mass is 19.1. The lowest BCUT2D eigenvalue weighted by molar-refractivity contribution is -0.131. The summed E-state index contributed by atoms with van der Waals surface area (Å²) in [6, 6.07) is 11.6. The number of rotatable bonds is 3. The van der Waals surface area contributed by atoms with E-state index in [4.69, 9.17) is 9.47 Å². The first-order valence-corrected chi connectivity index (χ1v) is 7.47. The highest BCUT2D eigenvalue weighted by Crippen LogP contribution is 2.28. The van der Waals surface area contributed by atoms with Gasteiger partial charge in [-0.25, -0.2) is 4.39 Å². The van der Waals surface area contributed by atoms with Gasteiger partial charge in [0.25, 0.3) is 0 Å². The van der Waals surface area contributed by atoms with E-state index >= 15 is 0 Å². The van der Waals surface area contributed by atoms with E-state index in [1.807, 2.05) is 18.2 Å². The van der Waals surface area contributed by atoms with Crippen LogP contribution in [-0.4, -0.2) is 31.1 Å². The number of hydrogen-bond acceptors (Lipinski definition) is 3. The number of benzene rings is 2. The molecule has 0 aliphatic carbocycles. The van der Waals surface area contributed by atoms with Crippen molar-refractivity contribution in [1.29, 1.82) is 0 Å². The second-order valence-corrected chi connectivity index (χ2v) is 5.44. The maximum absolute atomic E-state index is 12.9. The lowest BCUT2D eigenvalue weighted by Gasteiger charge is -2.20. The summed E-state index contributed by atoms with van der Waals surface area (Å²) < 4.78 is 23.8. The number of carbonyl (C=O) groups excluding carboxylic acids is 1. The van der Waals surface area contributed by atoms with Crippen molar-refractivity contribution < 1.29 is 18.7 Å². The summed E-state index contributed by atoms with van der Waals surface area (Å²) in [4.78, 5) is 14.3. The van der Waals surface area contributed by atoms with E-state index in [1.54, 1.807) is 24.1 Å². The molecule has 0 bridgehead atoms. The molecule has 0 spiro atoms. The molecule has 3 rings (SSSR count). The minimum atomic E-state index is -0.299. The Kier molecular flexibility index (Phi) is 4.46. The number of ether oxygens (including phenoxy) is 2. The van der Waals surface area contributed by atoms with Crippen molar-refractivity contribution in [3.05, 3.63) is 59.4 Å². The zero-order valence-electron chi connectivity index (χ0n) is 12.9. The van der Waals surface area contributed by atoms with E-state index in [0.29, 0.717) is 19.7 Å². The van der Waals surface area contributed by atoms with E-state index in [2.05, 4.69) is 0 Å². The average Bonchev–Trinajstić information content (AvgIpc) is 2.78. The molecule has 1 heterocycles. The topological polar surface area (TPSA) is 38.8 Å². The number of fused-ring (bicyclic) bond motifs is 1. The monoisotopic (exact) mass is 315 g/mol. The Morgan fingerprint density at radius 1 is 1.26 bits per heavy atom. The molecule has 0 saturated carbocycles. The molecule has 0 unspecified atom stereocenters. The number of nitrogens with zero attached hydrogens (tertiary/aromatic N) is 1. The smallest absolute Gasteiger partial charge is 0.227 e. The Hall–Kier alpha value is -2.56. The number of hydrogen-bond donors (Lipinski definition) is 0. The van der Waals surface area contributed by atoms with Crippen molar-refractivity contribution in [1.82, 2.24) is 4.90 Å². The van der Waals surface area contributed by atoms with Gasteiger partial charge in [-0.2, -0.15) is 0 Å². The van der Waals surface area contributed by atoms with Gasteiger partial charge in [-0.05, 0) is 29.8 Å². The van der Waals surface area contributed by atoms with Gasteiger partial charge in [-0.15, -0.1) is 0 Å². The third-order valence-corrected chi connectivity index (χ3v) is 3.88. The molecule has 0 radical (unpaired) electrons.